The molecule has 0 rings (SSSR count). The molecule has 0 saturated carbocycles. The molecule has 0 aliphatic heterocycles. The van der Waals surface area contributed by atoms with E-state index in [-0.39, 0.29) is 0 Å². The van der Waals surface area contributed by atoms with E-state index in [2.05, 4.69) is 6.92 Å². The Morgan fingerprint density at radius 3 is 1.67 bits per heavy atom. The van der Waals surface area contributed by atoms with Gasteiger partial charge in [-0.1, -0.05) is 77.2 Å². The highest BCUT2D eigenvalue weighted by Gasteiger charge is 1.93. The zero-order chi connectivity index (χ0) is 13.5. The first-order chi connectivity index (χ1) is 8.77. The van der Waals surface area contributed by atoms with Gasteiger partial charge in [0.05, 0.1) is 0 Å². The molecule has 0 heterocycles. The molecule has 0 bridgehead atoms. The molecular weight excluding hydrogens is 224 g/mol. The minimum absolute atomic E-state index is 0.866. The van der Waals surface area contributed by atoms with Crippen molar-refractivity contribution in [2.75, 3.05) is 0 Å². The van der Waals surface area contributed by atoms with Crippen molar-refractivity contribution in [3.63, 3.8) is 0 Å². The highest BCUT2D eigenvalue weighted by Crippen LogP contribution is 2.11. The molecule has 0 saturated heterocycles. The number of hydrogen-bond donors (Lipinski definition) is 0. The normalized spacial score (nSPS) is 11.2. The van der Waals surface area contributed by atoms with Crippen LogP contribution in [-0.4, -0.2) is 5.97 Å². The minimum Gasteiger partial charge on any atom is -0.242 e. The van der Waals surface area contributed by atoms with Crippen LogP contribution < -0.4 is 0 Å². The van der Waals surface area contributed by atoms with Crippen LogP contribution in [0.3, 0.4) is 0 Å². The first kappa shape index (κ1) is 17.2. The smallest absolute Gasteiger partial charge is 0.242 e. The maximum absolute atomic E-state index is 10.1. The molecule has 105 valence electrons. The van der Waals surface area contributed by atoms with E-state index < -0.39 is 5.97 Å². The largest absolute Gasteiger partial charge is 0.378 e. The number of carbonyl (C=O) groups is 1. The quantitative estimate of drug-likeness (QED) is 0.328. The molecule has 2 heteroatoms. The summed E-state index contributed by atoms with van der Waals surface area (Å²) in [7, 11) is 0. The summed E-state index contributed by atoms with van der Waals surface area (Å²) in [6.45, 7) is 2.25. The van der Waals surface area contributed by atoms with Gasteiger partial charge in [0.15, 0.2) is 0 Å². The van der Waals surface area contributed by atoms with Crippen LogP contribution in [0.15, 0.2) is 12.2 Å². The predicted molar refractivity (Wildman–Crippen MR) is 75.9 cm³/mol. The van der Waals surface area contributed by atoms with Crippen molar-refractivity contribution >= 4 is 5.97 Å². The molecule has 0 aromatic heterocycles. The molecule has 1 radical (unpaired) electrons. The highest BCUT2D eigenvalue weighted by molar-refractivity contribution is 5.79. The second-order valence-corrected chi connectivity index (χ2v) is 5.05. The van der Waals surface area contributed by atoms with E-state index in [0.717, 1.165) is 18.9 Å². The molecule has 0 fully saturated rings. The molecule has 0 spiro atoms. The van der Waals surface area contributed by atoms with Crippen molar-refractivity contribution in [3.8, 4) is 0 Å². The van der Waals surface area contributed by atoms with Gasteiger partial charge in [-0.3, -0.25) is 0 Å². The Balaban J connectivity index is 3.01. The molecule has 0 aromatic carbocycles. The molecular formula is C16H29O2. The van der Waals surface area contributed by atoms with Crippen LogP contribution in [-0.2, 0) is 9.90 Å². The number of rotatable bonds is 13. The molecule has 0 aromatic rings. The lowest BCUT2D eigenvalue weighted by molar-refractivity contribution is -0.137. The van der Waals surface area contributed by atoms with E-state index in [4.69, 9.17) is 0 Å². The summed E-state index contributed by atoms with van der Waals surface area (Å²) in [6.07, 6.45) is 18.3. The van der Waals surface area contributed by atoms with Gasteiger partial charge in [-0.15, -0.1) is 0 Å². The van der Waals surface area contributed by atoms with Crippen LogP contribution in [0.2, 0.25) is 0 Å². The lowest BCUT2D eigenvalue weighted by atomic mass is 10.1. The van der Waals surface area contributed by atoms with E-state index in [0.29, 0.717) is 0 Å². The zero-order valence-corrected chi connectivity index (χ0v) is 12.0. The van der Waals surface area contributed by atoms with Gasteiger partial charge in [0.25, 0.3) is 0 Å². The van der Waals surface area contributed by atoms with E-state index >= 15 is 0 Å². The van der Waals surface area contributed by atoms with Gasteiger partial charge in [0, 0.05) is 6.08 Å². The Morgan fingerprint density at radius 1 is 0.778 bits per heavy atom. The van der Waals surface area contributed by atoms with Crippen LogP contribution >= 0.6 is 0 Å². The number of carbonyl (C=O) groups excluding carboxylic acids is 1. The average molecular weight is 253 g/mol. The van der Waals surface area contributed by atoms with E-state index in [1.807, 2.05) is 0 Å². The Hall–Kier alpha value is -0.790. The highest BCUT2D eigenvalue weighted by atomic mass is 16.4. The van der Waals surface area contributed by atoms with Gasteiger partial charge >= 0.3 is 5.97 Å². The van der Waals surface area contributed by atoms with Crippen molar-refractivity contribution in [1.82, 2.24) is 0 Å². The Bertz CT molecular complexity index is 209. The number of hydrogen-bond acceptors (Lipinski definition) is 1. The van der Waals surface area contributed by atoms with E-state index in [1.165, 1.54) is 64.2 Å². The topological polar surface area (TPSA) is 37.0 Å². The molecule has 18 heavy (non-hydrogen) atoms. The Kier molecular flexibility index (Phi) is 13.6. The number of unbranched alkanes of at least 4 members (excludes halogenated alkanes) is 11. The van der Waals surface area contributed by atoms with Crippen LogP contribution in [0.5, 0.6) is 0 Å². The third-order valence-corrected chi connectivity index (χ3v) is 3.23. The minimum atomic E-state index is -1.09. The third kappa shape index (κ3) is 15.2. The summed E-state index contributed by atoms with van der Waals surface area (Å²) >= 11 is 0. The van der Waals surface area contributed by atoms with Crippen molar-refractivity contribution < 1.29 is 9.90 Å². The fraction of sp³-hybridized carbons (Fsp3) is 0.812. The summed E-state index contributed by atoms with van der Waals surface area (Å²) in [5.41, 5.74) is 0. The first-order valence-electron chi connectivity index (χ1n) is 7.65. The third-order valence-electron chi connectivity index (χ3n) is 3.23. The molecule has 0 unspecified atom stereocenters. The zero-order valence-electron chi connectivity index (χ0n) is 12.0. The second kappa shape index (κ2) is 14.3. The first-order valence-corrected chi connectivity index (χ1v) is 7.65. The van der Waals surface area contributed by atoms with Crippen molar-refractivity contribution in [2.24, 2.45) is 0 Å². The van der Waals surface area contributed by atoms with Crippen LogP contribution in [0.4, 0.5) is 0 Å². The summed E-state index contributed by atoms with van der Waals surface area (Å²) in [5, 5.41) is 10.1. The Labute approximate surface area is 112 Å². The summed E-state index contributed by atoms with van der Waals surface area (Å²) < 4.78 is 0. The standard InChI is InChI=1S/C16H29O2/c1-2-3-4-5-6-7-8-9-10-11-12-13-14-15-16(17)18/h14-15H,2-13H2,1H3/b15-14+. The van der Waals surface area contributed by atoms with Gasteiger partial charge in [-0.25, -0.2) is 9.90 Å². The fourth-order valence-corrected chi connectivity index (χ4v) is 2.11. The van der Waals surface area contributed by atoms with Gasteiger partial charge in [0.2, 0.25) is 0 Å². The lowest BCUT2D eigenvalue weighted by Crippen LogP contribution is -1.84. The summed E-state index contributed by atoms with van der Waals surface area (Å²) in [4.78, 5) is 10.1. The van der Waals surface area contributed by atoms with Gasteiger partial charge in [-0.2, -0.15) is 0 Å². The van der Waals surface area contributed by atoms with Crippen molar-refractivity contribution in [3.05, 3.63) is 12.2 Å². The Morgan fingerprint density at radius 2 is 1.22 bits per heavy atom. The van der Waals surface area contributed by atoms with E-state index in [1.54, 1.807) is 6.08 Å². The maximum Gasteiger partial charge on any atom is 0.378 e. The predicted octanol–water partition coefficient (Wildman–Crippen LogP) is 5.20. The van der Waals surface area contributed by atoms with Crippen LogP contribution in [0.1, 0.15) is 84.0 Å². The van der Waals surface area contributed by atoms with Gasteiger partial charge in [0.1, 0.15) is 0 Å². The fourth-order valence-electron chi connectivity index (χ4n) is 2.11. The number of allylic oxidation sites excluding steroid dienone is 1. The van der Waals surface area contributed by atoms with Gasteiger partial charge in [-0.05, 0) is 12.8 Å². The molecule has 0 atom stereocenters. The van der Waals surface area contributed by atoms with Gasteiger partial charge < -0.3 is 0 Å². The molecule has 2 nitrogen and oxygen atoms in total. The monoisotopic (exact) mass is 253 g/mol. The average Bonchev–Trinajstić information content (AvgIpc) is 2.34. The molecule has 0 amide bonds. The maximum atomic E-state index is 10.1. The van der Waals surface area contributed by atoms with Crippen LogP contribution in [0, 0.1) is 0 Å². The van der Waals surface area contributed by atoms with Crippen LogP contribution in [0.25, 0.3) is 0 Å². The van der Waals surface area contributed by atoms with E-state index in [9.17, 15) is 9.90 Å². The summed E-state index contributed by atoms with van der Waals surface area (Å²) in [5.74, 6) is -1.09. The summed E-state index contributed by atoms with van der Waals surface area (Å²) in [6, 6.07) is 0. The second-order valence-electron chi connectivity index (χ2n) is 5.05. The lowest BCUT2D eigenvalue weighted by Gasteiger charge is -2.01. The van der Waals surface area contributed by atoms with Crippen molar-refractivity contribution in [2.45, 2.75) is 84.0 Å². The van der Waals surface area contributed by atoms with Crippen molar-refractivity contribution in [1.29, 1.82) is 0 Å². The molecule has 0 aliphatic carbocycles. The SMILES string of the molecule is CCCCCCCCCCCCC/C=C/C([O])=O. The molecule has 0 aliphatic rings. The molecule has 0 N–H and O–H groups in total.